The van der Waals surface area contributed by atoms with E-state index in [0.29, 0.717) is 5.92 Å². The molecule has 1 aromatic carbocycles. The van der Waals surface area contributed by atoms with Crippen LogP contribution in [0.5, 0.6) is 0 Å². The molecular formula is C18H23N3O2. The van der Waals surface area contributed by atoms with Crippen LogP contribution in [0.2, 0.25) is 0 Å². The van der Waals surface area contributed by atoms with Crippen LogP contribution in [0.25, 0.3) is 0 Å². The number of benzene rings is 1. The number of ether oxygens (including phenoxy) is 1. The minimum atomic E-state index is 0.0909. The van der Waals surface area contributed by atoms with E-state index in [4.69, 9.17) is 9.26 Å². The molecule has 0 bridgehead atoms. The van der Waals surface area contributed by atoms with Crippen molar-refractivity contribution in [3.63, 3.8) is 0 Å². The van der Waals surface area contributed by atoms with Crippen LogP contribution < -0.4 is 0 Å². The number of rotatable bonds is 4. The third-order valence-corrected chi connectivity index (χ3v) is 4.76. The molecule has 0 N–H and O–H groups in total. The van der Waals surface area contributed by atoms with Crippen molar-refractivity contribution in [1.29, 1.82) is 0 Å². The highest BCUT2D eigenvalue weighted by atomic mass is 16.5. The molecule has 4 rings (SSSR count). The summed E-state index contributed by atoms with van der Waals surface area (Å²) in [5, 5.41) is 4.15. The van der Waals surface area contributed by atoms with Crippen molar-refractivity contribution in [2.24, 2.45) is 0 Å². The van der Waals surface area contributed by atoms with E-state index in [1.54, 1.807) is 0 Å². The van der Waals surface area contributed by atoms with Gasteiger partial charge in [0.15, 0.2) is 5.82 Å². The van der Waals surface area contributed by atoms with Crippen LogP contribution in [0, 0.1) is 0 Å². The summed E-state index contributed by atoms with van der Waals surface area (Å²) in [6.07, 6.45) is 2.66. The second-order valence-corrected chi connectivity index (χ2v) is 6.74. The first-order valence-corrected chi connectivity index (χ1v) is 8.48. The molecule has 2 aromatic rings. The van der Waals surface area contributed by atoms with Gasteiger partial charge in [0.25, 0.3) is 0 Å². The van der Waals surface area contributed by atoms with Crippen molar-refractivity contribution in [3.8, 4) is 0 Å². The molecule has 0 spiro atoms. The van der Waals surface area contributed by atoms with Gasteiger partial charge in [-0.25, -0.2) is 0 Å². The lowest BCUT2D eigenvalue weighted by atomic mass is 10.1. The van der Waals surface area contributed by atoms with Crippen LogP contribution in [-0.2, 0) is 4.74 Å². The SMILES string of the molecule is C[C@@H]1CN([C@@H](C)c2nc(C3CC3)no2)C[C@H](c2ccccc2)O1. The summed E-state index contributed by atoms with van der Waals surface area (Å²) in [6.45, 7) is 5.99. The van der Waals surface area contributed by atoms with Gasteiger partial charge in [0.2, 0.25) is 5.89 Å². The Kier molecular flexibility index (Phi) is 3.91. The Bertz CT molecular complexity index is 653. The van der Waals surface area contributed by atoms with Crippen LogP contribution in [0.3, 0.4) is 0 Å². The Morgan fingerprint density at radius 2 is 1.96 bits per heavy atom. The molecular weight excluding hydrogens is 290 g/mol. The monoisotopic (exact) mass is 313 g/mol. The van der Waals surface area contributed by atoms with Gasteiger partial charge in [-0.05, 0) is 32.3 Å². The van der Waals surface area contributed by atoms with Gasteiger partial charge in [-0.1, -0.05) is 35.5 Å². The van der Waals surface area contributed by atoms with E-state index in [1.807, 2.05) is 6.07 Å². The average Bonchev–Trinajstić information content (AvgIpc) is 3.32. The van der Waals surface area contributed by atoms with Crippen molar-refractivity contribution in [3.05, 3.63) is 47.6 Å². The molecule has 1 saturated carbocycles. The predicted octanol–water partition coefficient (Wildman–Crippen LogP) is 3.47. The number of morpholine rings is 1. The largest absolute Gasteiger partial charge is 0.368 e. The van der Waals surface area contributed by atoms with E-state index >= 15 is 0 Å². The molecule has 5 heteroatoms. The summed E-state index contributed by atoms with van der Waals surface area (Å²) in [5.41, 5.74) is 1.22. The summed E-state index contributed by atoms with van der Waals surface area (Å²) < 4.78 is 11.6. The van der Waals surface area contributed by atoms with E-state index < -0.39 is 0 Å². The lowest BCUT2D eigenvalue weighted by molar-refractivity contribution is -0.0922. The smallest absolute Gasteiger partial charge is 0.243 e. The van der Waals surface area contributed by atoms with E-state index in [0.717, 1.165) is 24.8 Å². The first kappa shape index (κ1) is 14.8. The number of hydrogen-bond donors (Lipinski definition) is 0. The van der Waals surface area contributed by atoms with Crippen LogP contribution >= 0.6 is 0 Å². The lowest BCUT2D eigenvalue weighted by Gasteiger charge is -2.39. The Morgan fingerprint density at radius 1 is 1.17 bits per heavy atom. The molecule has 5 nitrogen and oxygen atoms in total. The normalized spacial score (nSPS) is 27.0. The van der Waals surface area contributed by atoms with Crippen molar-refractivity contribution < 1.29 is 9.26 Å². The van der Waals surface area contributed by atoms with Gasteiger partial charge in [0.1, 0.15) is 0 Å². The molecule has 1 aromatic heterocycles. The minimum Gasteiger partial charge on any atom is -0.368 e. The Balaban J connectivity index is 1.50. The van der Waals surface area contributed by atoms with Gasteiger partial charge >= 0.3 is 0 Å². The van der Waals surface area contributed by atoms with E-state index in [9.17, 15) is 0 Å². The van der Waals surface area contributed by atoms with Crippen LogP contribution in [0.15, 0.2) is 34.9 Å². The first-order valence-electron chi connectivity index (χ1n) is 8.48. The summed E-state index contributed by atoms with van der Waals surface area (Å²) in [5.74, 6) is 2.14. The summed E-state index contributed by atoms with van der Waals surface area (Å²) in [7, 11) is 0. The minimum absolute atomic E-state index is 0.0909. The Morgan fingerprint density at radius 3 is 2.70 bits per heavy atom. The predicted molar refractivity (Wildman–Crippen MR) is 86.0 cm³/mol. The van der Waals surface area contributed by atoms with Gasteiger partial charge in [0.05, 0.1) is 18.2 Å². The van der Waals surface area contributed by atoms with Gasteiger partial charge in [0, 0.05) is 19.0 Å². The van der Waals surface area contributed by atoms with Crippen LogP contribution in [0.4, 0.5) is 0 Å². The van der Waals surface area contributed by atoms with Gasteiger partial charge in [-0.2, -0.15) is 4.98 Å². The Hall–Kier alpha value is -1.72. The number of nitrogens with zero attached hydrogens (tertiary/aromatic N) is 3. The standard InChI is InChI=1S/C18H23N3O2/c1-12-10-21(11-16(22-12)14-6-4-3-5-7-14)13(2)18-19-17(20-23-18)15-8-9-15/h3-7,12-13,15-16H,8-11H2,1-2H3/t12-,13+,16-/m1/s1. The molecule has 0 unspecified atom stereocenters. The summed E-state index contributed by atoms with van der Waals surface area (Å²) in [6, 6.07) is 10.5. The van der Waals surface area contributed by atoms with Crippen molar-refractivity contribution in [1.82, 2.24) is 15.0 Å². The van der Waals surface area contributed by atoms with Crippen LogP contribution in [-0.4, -0.2) is 34.2 Å². The molecule has 122 valence electrons. The molecule has 1 aliphatic carbocycles. The van der Waals surface area contributed by atoms with Crippen molar-refractivity contribution in [2.75, 3.05) is 13.1 Å². The molecule has 1 aliphatic heterocycles. The third-order valence-electron chi connectivity index (χ3n) is 4.76. The zero-order valence-corrected chi connectivity index (χ0v) is 13.7. The van der Waals surface area contributed by atoms with Crippen molar-refractivity contribution in [2.45, 2.75) is 50.9 Å². The number of aromatic nitrogens is 2. The first-order chi connectivity index (χ1) is 11.2. The molecule has 3 atom stereocenters. The maximum Gasteiger partial charge on any atom is 0.243 e. The summed E-state index contributed by atoms with van der Waals surface area (Å²) in [4.78, 5) is 6.99. The molecule has 2 fully saturated rings. The highest BCUT2D eigenvalue weighted by Gasteiger charge is 2.34. The zero-order valence-electron chi connectivity index (χ0n) is 13.7. The summed E-state index contributed by atoms with van der Waals surface area (Å²) >= 11 is 0. The molecule has 23 heavy (non-hydrogen) atoms. The van der Waals surface area contributed by atoms with E-state index in [1.165, 1.54) is 18.4 Å². The van der Waals surface area contributed by atoms with Crippen molar-refractivity contribution >= 4 is 0 Å². The fourth-order valence-corrected chi connectivity index (χ4v) is 3.23. The molecule has 0 radical (unpaired) electrons. The maximum atomic E-state index is 6.13. The lowest BCUT2D eigenvalue weighted by Crippen LogP contribution is -2.44. The Labute approximate surface area is 136 Å². The average molecular weight is 313 g/mol. The zero-order chi connectivity index (χ0) is 15.8. The quantitative estimate of drug-likeness (QED) is 0.865. The van der Waals surface area contributed by atoms with Crippen LogP contribution in [0.1, 0.15) is 62.0 Å². The third kappa shape index (κ3) is 3.16. The molecule has 2 aliphatic rings. The molecule has 1 saturated heterocycles. The van der Waals surface area contributed by atoms with Gasteiger partial charge in [-0.3, -0.25) is 4.90 Å². The fourth-order valence-electron chi connectivity index (χ4n) is 3.23. The molecule has 0 amide bonds. The number of hydrogen-bond acceptors (Lipinski definition) is 5. The second kappa shape index (κ2) is 6.06. The van der Waals surface area contributed by atoms with Gasteiger partial charge < -0.3 is 9.26 Å². The highest BCUT2D eigenvalue weighted by molar-refractivity contribution is 5.18. The fraction of sp³-hybridized carbons (Fsp3) is 0.556. The van der Waals surface area contributed by atoms with E-state index in [-0.39, 0.29) is 18.2 Å². The second-order valence-electron chi connectivity index (χ2n) is 6.74. The molecule has 2 heterocycles. The van der Waals surface area contributed by atoms with E-state index in [2.05, 4.69) is 53.2 Å². The topological polar surface area (TPSA) is 51.4 Å². The van der Waals surface area contributed by atoms with Gasteiger partial charge in [-0.15, -0.1) is 0 Å². The highest BCUT2D eigenvalue weighted by Crippen LogP contribution is 2.39. The maximum absolute atomic E-state index is 6.13.